The Morgan fingerprint density at radius 3 is 2.95 bits per heavy atom. The van der Waals surface area contributed by atoms with Crippen LogP contribution in [0.4, 0.5) is 11.4 Å². The van der Waals surface area contributed by atoms with Gasteiger partial charge in [-0.2, -0.15) is 5.26 Å². The first-order valence-electron chi connectivity index (χ1n) is 12.9. The van der Waals surface area contributed by atoms with Gasteiger partial charge in [0.05, 0.1) is 22.6 Å². The number of hydrogen-bond donors (Lipinski definition) is 3. The van der Waals surface area contributed by atoms with Gasteiger partial charge >= 0.3 is 0 Å². The molecule has 1 aromatic carbocycles. The molecule has 5 rings (SSSR count). The van der Waals surface area contributed by atoms with E-state index in [0.717, 1.165) is 57.9 Å². The number of H-pyrrole nitrogens is 1. The highest BCUT2D eigenvalue weighted by molar-refractivity contribution is 5.90. The van der Waals surface area contributed by atoms with E-state index in [4.69, 9.17) is 4.98 Å². The first-order chi connectivity index (χ1) is 18.1. The van der Waals surface area contributed by atoms with Crippen molar-refractivity contribution in [2.45, 2.75) is 38.8 Å². The molecule has 1 fully saturated rings. The van der Waals surface area contributed by atoms with Gasteiger partial charge in [0.25, 0.3) is 0 Å². The van der Waals surface area contributed by atoms with Crippen molar-refractivity contribution in [1.29, 1.82) is 5.26 Å². The molecule has 3 aromatic heterocycles. The maximum absolute atomic E-state index is 9.76. The second-order valence-corrected chi connectivity index (χ2v) is 9.69. The van der Waals surface area contributed by atoms with Gasteiger partial charge in [0, 0.05) is 53.3 Å². The minimum absolute atomic E-state index is 0.495. The van der Waals surface area contributed by atoms with Crippen LogP contribution in [-0.4, -0.2) is 46.0 Å². The largest absolute Gasteiger partial charge is 0.361 e. The average molecular weight is 492 g/mol. The summed E-state index contributed by atoms with van der Waals surface area (Å²) in [6.07, 6.45) is 13.0. The van der Waals surface area contributed by atoms with E-state index in [0.29, 0.717) is 11.6 Å². The summed E-state index contributed by atoms with van der Waals surface area (Å²) in [4.78, 5) is 14.8. The van der Waals surface area contributed by atoms with E-state index in [1.54, 1.807) is 12.4 Å². The zero-order chi connectivity index (χ0) is 25.6. The molecule has 37 heavy (non-hydrogen) atoms. The first kappa shape index (κ1) is 24.7. The van der Waals surface area contributed by atoms with Crippen molar-refractivity contribution < 1.29 is 0 Å². The van der Waals surface area contributed by atoms with Crippen LogP contribution in [0.3, 0.4) is 0 Å². The van der Waals surface area contributed by atoms with Crippen LogP contribution in [-0.2, 0) is 6.54 Å². The number of nitrogens with one attached hydrogen (secondary N) is 3. The van der Waals surface area contributed by atoms with Crippen LogP contribution < -0.4 is 10.6 Å². The lowest BCUT2D eigenvalue weighted by Crippen LogP contribution is -2.29. The number of anilines is 2. The number of aromatic nitrogens is 3. The summed E-state index contributed by atoms with van der Waals surface area (Å²) in [6, 6.07) is 15.2. The highest BCUT2D eigenvalue weighted by Crippen LogP contribution is 2.31. The van der Waals surface area contributed by atoms with Crippen LogP contribution in [0.2, 0.25) is 0 Å². The van der Waals surface area contributed by atoms with Gasteiger partial charge in [-0.15, -0.1) is 0 Å². The molecule has 0 spiro atoms. The van der Waals surface area contributed by atoms with Crippen molar-refractivity contribution in [3.8, 4) is 6.07 Å². The zero-order valence-electron chi connectivity index (χ0n) is 21.5. The van der Waals surface area contributed by atoms with E-state index in [1.165, 1.54) is 25.8 Å². The Balaban J connectivity index is 1.29. The normalized spacial score (nSPS) is 16.0. The second kappa shape index (κ2) is 11.4. The fraction of sp³-hybridized carbons (Fsp3) is 0.300. The molecule has 0 amide bonds. The molecular weight excluding hydrogens is 458 g/mol. The van der Waals surface area contributed by atoms with Gasteiger partial charge in [-0.3, -0.25) is 9.97 Å². The van der Waals surface area contributed by atoms with Crippen molar-refractivity contribution in [3.05, 3.63) is 83.1 Å². The van der Waals surface area contributed by atoms with Gasteiger partial charge in [0.1, 0.15) is 6.07 Å². The number of fused-ring (bicyclic) bond motifs is 1. The minimum Gasteiger partial charge on any atom is -0.361 e. The molecular formula is C30H33N7. The van der Waals surface area contributed by atoms with Crippen LogP contribution in [0.1, 0.15) is 47.3 Å². The number of hydrogen-bond acceptors (Lipinski definition) is 6. The monoisotopic (exact) mass is 491 g/mol. The Morgan fingerprint density at radius 1 is 1.19 bits per heavy atom. The smallest absolute Gasteiger partial charge is 0.103 e. The molecule has 7 nitrogen and oxygen atoms in total. The third-order valence-corrected chi connectivity index (χ3v) is 7.25. The Kier molecular flexibility index (Phi) is 7.59. The van der Waals surface area contributed by atoms with Gasteiger partial charge in [0.2, 0.25) is 0 Å². The summed E-state index contributed by atoms with van der Waals surface area (Å²) in [5.41, 5.74) is 7.11. The van der Waals surface area contributed by atoms with E-state index < -0.39 is 0 Å². The number of aryl methyl sites for hydroxylation is 1. The third kappa shape index (κ3) is 5.72. The molecule has 4 aromatic rings. The summed E-state index contributed by atoms with van der Waals surface area (Å²) >= 11 is 0. The number of likely N-dealkylation sites (tertiary alicyclic amines) is 1. The number of aromatic amines is 1. The van der Waals surface area contributed by atoms with E-state index in [9.17, 15) is 5.26 Å². The quantitative estimate of drug-likeness (QED) is 0.263. The van der Waals surface area contributed by atoms with Gasteiger partial charge in [-0.25, -0.2) is 0 Å². The maximum atomic E-state index is 9.76. The van der Waals surface area contributed by atoms with Crippen LogP contribution in [0.15, 0.2) is 55.0 Å². The fourth-order valence-electron chi connectivity index (χ4n) is 5.08. The molecule has 1 unspecified atom stereocenters. The Morgan fingerprint density at radius 2 is 2.11 bits per heavy atom. The van der Waals surface area contributed by atoms with Crippen molar-refractivity contribution in [3.63, 3.8) is 0 Å². The SMILES string of the molecule is Cc1c(Nc2c(C#N)cncc2C=Cc2cccc(CNCCC3CCCN3C)n2)ccc2[nH]ccc12. The average Bonchev–Trinajstić information content (AvgIpc) is 3.57. The summed E-state index contributed by atoms with van der Waals surface area (Å²) in [5, 5.41) is 17.9. The lowest BCUT2D eigenvalue weighted by Gasteiger charge is -2.19. The van der Waals surface area contributed by atoms with Gasteiger partial charge in [-0.1, -0.05) is 6.07 Å². The first-order valence-corrected chi connectivity index (χ1v) is 12.9. The van der Waals surface area contributed by atoms with Crippen LogP contribution in [0.5, 0.6) is 0 Å². The summed E-state index contributed by atoms with van der Waals surface area (Å²) in [5.74, 6) is 0. The summed E-state index contributed by atoms with van der Waals surface area (Å²) < 4.78 is 0. The molecule has 0 saturated carbocycles. The van der Waals surface area contributed by atoms with Crippen molar-refractivity contribution in [1.82, 2.24) is 25.2 Å². The molecule has 7 heteroatoms. The minimum atomic E-state index is 0.495. The van der Waals surface area contributed by atoms with Crippen LogP contribution in [0, 0.1) is 18.3 Å². The Bertz CT molecular complexity index is 1450. The predicted molar refractivity (Wildman–Crippen MR) is 150 cm³/mol. The van der Waals surface area contributed by atoms with E-state index >= 15 is 0 Å². The van der Waals surface area contributed by atoms with Gasteiger partial charge in [0.15, 0.2) is 0 Å². The summed E-state index contributed by atoms with van der Waals surface area (Å²) in [7, 11) is 2.22. The highest BCUT2D eigenvalue weighted by Gasteiger charge is 2.19. The number of nitriles is 1. The van der Waals surface area contributed by atoms with Crippen molar-refractivity contribution in [2.24, 2.45) is 0 Å². The lowest BCUT2D eigenvalue weighted by atomic mass is 10.1. The van der Waals surface area contributed by atoms with Crippen molar-refractivity contribution >= 4 is 34.4 Å². The second-order valence-electron chi connectivity index (χ2n) is 9.69. The lowest BCUT2D eigenvalue weighted by molar-refractivity contribution is 0.293. The van der Waals surface area contributed by atoms with Crippen LogP contribution in [0.25, 0.3) is 23.1 Å². The van der Waals surface area contributed by atoms with Crippen LogP contribution >= 0.6 is 0 Å². The van der Waals surface area contributed by atoms with Gasteiger partial charge in [-0.05, 0) is 94.4 Å². The highest BCUT2D eigenvalue weighted by atomic mass is 15.1. The molecule has 3 N–H and O–H groups in total. The Labute approximate surface area is 218 Å². The summed E-state index contributed by atoms with van der Waals surface area (Å²) in [6.45, 7) is 5.03. The molecule has 1 aliphatic rings. The molecule has 4 heterocycles. The standard InChI is InChI=1S/C30H33N7/c1-21-27-13-15-34-29(27)11-10-28(21)36-30-22(18-33-19-23(30)17-31)8-9-24-5-3-6-25(35-24)20-32-14-12-26-7-4-16-37(26)2/h3,5-6,8-11,13,15,18-19,26,32,34H,4,7,12,14,16,20H2,1-2H3,(H,33,36). The number of nitrogens with zero attached hydrogens (tertiary/aromatic N) is 4. The predicted octanol–water partition coefficient (Wildman–Crippen LogP) is 5.63. The molecule has 188 valence electrons. The molecule has 0 radical (unpaired) electrons. The zero-order valence-corrected chi connectivity index (χ0v) is 21.5. The van der Waals surface area contributed by atoms with Gasteiger partial charge < -0.3 is 20.5 Å². The van der Waals surface area contributed by atoms with E-state index in [2.05, 4.69) is 57.7 Å². The fourth-order valence-corrected chi connectivity index (χ4v) is 5.08. The van der Waals surface area contributed by atoms with E-state index in [1.807, 2.05) is 42.6 Å². The Hall–Kier alpha value is -3.99. The molecule has 1 atom stereocenters. The third-order valence-electron chi connectivity index (χ3n) is 7.25. The maximum Gasteiger partial charge on any atom is 0.103 e. The molecule has 1 saturated heterocycles. The van der Waals surface area contributed by atoms with E-state index in [-0.39, 0.29) is 0 Å². The van der Waals surface area contributed by atoms with Crippen molar-refractivity contribution in [2.75, 3.05) is 25.5 Å². The molecule has 1 aliphatic heterocycles. The topological polar surface area (TPSA) is 92.7 Å². The number of benzene rings is 1. The molecule has 0 bridgehead atoms. The number of pyridine rings is 2. The molecule has 0 aliphatic carbocycles. The number of rotatable bonds is 9.